The summed E-state index contributed by atoms with van der Waals surface area (Å²) in [6.07, 6.45) is 0.355. The minimum absolute atomic E-state index is 0.0177. The van der Waals surface area contributed by atoms with Gasteiger partial charge in [0.05, 0.1) is 19.8 Å². The summed E-state index contributed by atoms with van der Waals surface area (Å²) in [4.78, 5) is 17.6. The van der Waals surface area contributed by atoms with Crippen molar-refractivity contribution >= 4 is 11.6 Å². The van der Waals surface area contributed by atoms with Crippen molar-refractivity contribution in [3.63, 3.8) is 0 Å². The van der Waals surface area contributed by atoms with Gasteiger partial charge in [-0.1, -0.05) is 48.5 Å². The van der Waals surface area contributed by atoms with Crippen LogP contribution in [0.5, 0.6) is 0 Å². The first-order chi connectivity index (χ1) is 15.2. The van der Waals surface area contributed by atoms with Gasteiger partial charge in [-0.25, -0.2) is 0 Å². The maximum atomic E-state index is 12.8. The Morgan fingerprint density at radius 3 is 2.68 bits per heavy atom. The first kappa shape index (κ1) is 20.5. The van der Waals surface area contributed by atoms with E-state index in [0.29, 0.717) is 13.2 Å². The summed E-state index contributed by atoms with van der Waals surface area (Å²) in [5, 5.41) is 3.09. The maximum absolute atomic E-state index is 12.8. The fraction of sp³-hybridized carbons (Fsp3) is 0.480. The Morgan fingerprint density at radius 2 is 1.84 bits per heavy atom. The minimum Gasteiger partial charge on any atom is -0.379 e. The molecule has 5 rings (SSSR count). The molecule has 3 aliphatic heterocycles. The quantitative estimate of drug-likeness (QED) is 0.775. The monoisotopic (exact) mass is 421 g/mol. The first-order valence-corrected chi connectivity index (χ1v) is 11.3. The van der Waals surface area contributed by atoms with Crippen molar-refractivity contribution in [2.45, 2.75) is 24.5 Å². The van der Waals surface area contributed by atoms with Gasteiger partial charge in [-0.05, 0) is 23.6 Å². The Labute approximate surface area is 184 Å². The van der Waals surface area contributed by atoms with Crippen LogP contribution in [0.2, 0.25) is 0 Å². The maximum Gasteiger partial charge on any atom is 0.249 e. The third kappa shape index (κ3) is 4.33. The number of ether oxygens (including phenoxy) is 2. The number of nitrogens with one attached hydrogen (secondary N) is 1. The van der Waals surface area contributed by atoms with E-state index in [9.17, 15) is 4.79 Å². The van der Waals surface area contributed by atoms with E-state index < -0.39 is 0 Å². The number of carbonyl (C=O) groups excluding carboxylic acids is 1. The highest BCUT2D eigenvalue weighted by Crippen LogP contribution is 2.47. The van der Waals surface area contributed by atoms with Gasteiger partial charge in [-0.2, -0.15) is 0 Å². The van der Waals surface area contributed by atoms with Crippen molar-refractivity contribution in [2.75, 3.05) is 57.4 Å². The Kier molecular flexibility index (Phi) is 5.94. The molecule has 2 aromatic carbocycles. The number of fused-ring (bicyclic) bond motifs is 2. The number of morpholine rings is 1. The highest BCUT2D eigenvalue weighted by atomic mass is 16.5. The SMILES string of the molecule is O=C(NCCN1CCOCC1)[C@H]1C[C@@]2(CO1)CN(Cc1ccccc1)c1ccccc12. The lowest BCUT2D eigenvalue weighted by Crippen LogP contribution is -2.43. The van der Waals surface area contributed by atoms with Crippen molar-refractivity contribution in [3.05, 3.63) is 65.7 Å². The average Bonchev–Trinajstić information content (AvgIpc) is 3.38. The van der Waals surface area contributed by atoms with E-state index in [1.807, 2.05) is 0 Å². The normalized spacial score (nSPS) is 25.7. The molecule has 0 unspecified atom stereocenters. The Balaban J connectivity index is 1.22. The second-order valence-corrected chi connectivity index (χ2v) is 8.89. The Morgan fingerprint density at radius 1 is 1.06 bits per heavy atom. The van der Waals surface area contributed by atoms with E-state index in [4.69, 9.17) is 9.47 Å². The van der Waals surface area contributed by atoms with Gasteiger partial charge in [0.25, 0.3) is 0 Å². The zero-order valence-corrected chi connectivity index (χ0v) is 18.0. The van der Waals surface area contributed by atoms with Crippen LogP contribution in [0.1, 0.15) is 17.5 Å². The molecule has 31 heavy (non-hydrogen) atoms. The number of carbonyl (C=O) groups is 1. The molecule has 1 spiro atoms. The highest BCUT2D eigenvalue weighted by Gasteiger charge is 2.50. The van der Waals surface area contributed by atoms with Gasteiger partial charge in [0, 0.05) is 50.4 Å². The fourth-order valence-corrected chi connectivity index (χ4v) is 5.15. The van der Waals surface area contributed by atoms with Gasteiger partial charge < -0.3 is 19.7 Å². The molecule has 6 nitrogen and oxygen atoms in total. The van der Waals surface area contributed by atoms with Crippen LogP contribution in [0.4, 0.5) is 5.69 Å². The number of hydrogen-bond donors (Lipinski definition) is 1. The molecule has 164 valence electrons. The Bertz CT molecular complexity index is 900. The zero-order chi connectivity index (χ0) is 21.1. The third-order valence-electron chi connectivity index (χ3n) is 6.79. The summed E-state index contributed by atoms with van der Waals surface area (Å²) in [5.41, 5.74) is 3.76. The first-order valence-electron chi connectivity index (χ1n) is 11.3. The number of anilines is 1. The molecule has 2 aromatic rings. The van der Waals surface area contributed by atoms with E-state index in [2.05, 4.69) is 69.7 Å². The lowest BCUT2D eigenvalue weighted by Gasteiger charge is -2.26. The lowest BCUT2D eigenvalue weighted by atomic mass is 9.80. The molecule has 0 radical (unpaired) electrons. The van der Waals surface area contributed by atoms with E-state index in [1.54, 1.807) is 0 Å². The number of para-hydroxylation sites is 1. The summed E-state index contributed by atoms with van der Waals surface area (Å²) in [5.74, 6) is 0.0177. The zero-order valence-electron chi connectivity index (χ0n) is 18.0. The van der Waals surface area contributed by atoms with Crippen LogP contribution in [0.3, 0.4) is 0 Å². The van der Waals surface area contributed by atoms with Gasteiger partial charge in [-0.15, -0.1) is 0 Å². The minimum atomic E-state index is -0.380. The van der Waals surface area contributed by atoms with Crippen molar-refractivity contribution < 1.29 is 14.3 Å². The number of hydrogen-bond acceptors (Lipinski definition) is 5. The number of rotatable bonds is 6. The van der Waals surface area contributed by atoms with Gasteiger partial charge in [0.1, 0.15) is 6.10 Å². The average molecular weight is 422 g/mol. The molecule has 0 aliphatic carbocycles. The molecular weight excluding hydrogens is 390 g/mol. The molecule has 2 fully saturated rings. The summed E-state index contributed by atoms with van der Waals surface area (Å²) >= 11 is 0. The van der Waals surface area contributed by atoms with Crippen LogP contribution in [-0.4, -0.2) is 69.5 Å². The predicted octanol–water partition coefficient (Wildman–Crippen LogP) is 2.18. The summed E-state index contributed by atoms with van der Waals surface area (Å²) in [6.45, 7) is 7.30. The van der Waals surface area contributed by atoms with Crippen molar-refractivity contribution in [1.29, 1.82) is 0 Å². The van der Waals surface area contributed by atoms with Gasteiger partial charge in [0.15, 0.2) is 0 Å². The molecule has 2 atom stereocenters. The van der Waals surface area contributed by atoms with E-state index in [1.165, 1.54) is 16.8 Å². The largest absolute Gasteiger partial charge is 0.379 e. The molecule has 0 aromatic heterocycles. The molecule has 1 amide bonds. The standard InChI is InChI=1S/C25H31N3O3/c29-24(26-10-11-27-12-14-30-15-13-27)23-16-25(19-31-23)18-28(17-20-6-2-1-3-7-20)22-9-5-4-8-21(22)25/h1-9,23H,10-19H2,(H,26,29)/t23-,25+/m1/s1. The highest BCUT2D eigenvalue weighted by molar-refractivity contribution is 5.81. The van der Waals surface area contributed by atoms with Gasteiger partial charge >= 0.3 is 0 Å². The van der Waals surface area contributed by atoms with Crippen LogP contribution in [0.15, 0.2) is 54.6 Å². The van der Waals surface area contributed by atoms with E-state index in [0.717, 1.165) is 52.4 Å². The number of nitrogens with zero attached hydrogens (tertiary/aromatic N) is 2. The third-order valence-corrected chi connectivity index (χ3v) is 6.79. The van der Waals surface area contributed by atoms with Crippen molar-refractivity contribution in [3.8, 4) is 0 Å². The summed E-state index contributed by atoms with van der Waals surface area (Å²) < 4.78 is 11.5. The molecule has 3 heterocycles. The molecule has 0 bridgehead atoms. The fourth-order valence-electron chi connectivity index (χ4n) is 5.15. The van der Waals surface area contributed by atoms with Gasteiger partial charge in [0.2, 0.25) is 5.91 Å². The Hall–Kier alpha value is -2.41. The van der Waals surface area contributed by atoms with Crippen LogP contribution < -0.4 is 10.2 Å². The second-order valence-electron chi connectivity index (χ2n) is 8.89. The summed E-state index contributed by atoms with van der Waals surface area (Å²) in [7, 11) is 0. The van der Waals surface area contributed by atoms with Crippen LogP contribution >= 0.6 is 0 Å². The van der Waals surface area contributed by atoms with Crippen LogP contribution in [0, 0.1) is 0 Å². The topological polar surface area (TPSA) is 54.0 Å². The van der Waals surface area contributed by atoms with E-state index >= 15 is 0 Å². The molecule has 0 saturated carbocycles. The van der Waals surface area contributed by atoms with Crippen LogP contribution in [-0.2, 0) is 26.2 Å². The van der Waals surface area contributed by atoms with Crippen molar-refractivity contribution in [2.24, 2.45) is 0 Å². The molecule has 3 aliphatic rings. The van der Waals surface area contributed by atoms with Gasteiger partial charge in [-0.3, -0.25) is 9.69 Å². The molecule has 2 saturated heterocycles. The molecule has 1 N–H and O–H groups in total. The smallest absolute Gasteiger partial charge is 0.249 e. The number of benzene rings is 2. The summed E-state index contributed by atoms with van der Waals surface area (Å²) in [6, 6.07) is 19.2. The lowest BCUT2D eigenvalue weighted by molar-refractivity contribution is -0.130. The number of amides is 1. The predicted molar refractivity (Wildman–Crippen MR) is 120 cm³/mol. The van der Waals surface area contributed by atoms with E-state index in [-0.39, 0.29) is 17.4 Å². The molecular formula is C25H31N3O3. The second kappa shape index (κ2) is 8.99. The van der Waals surface area contributed by atoms with Crippen LogP contribution in [0.25, 0.3) is 0 Å². The molecule has 6 heteroatoms. The van der Waals surface area contributed by atoms with Crippen molar-refractivity contribution in [1.82, 2.24) is 10.2 Å².